The van der Waals surface area contributed by atoms with Crippen molar-refractivity contribution < 1.29 is 0 Å². The Kier molecular flexibility index (Phi) is 6.91. The smallest absolute Gasteiger partial charge is 0.00186 e. The maximum Gasteiger partial charge on any atom is -0.00186 e. The Balaban J connectivity index is 2.23. The molecule has 0 amide bonds. The summed E-state index contributed by atoms with van der Waals surface area (Å²) in [6.45, 7) is 4.68. The lowest BCUT2D eigenvalue weighted by molar-refractivity contribution is 0.330. The lowest BCUT2D eigenvalue weighted by Gasteiger charge is -2.15. The molecule has 1 nitrogen and oxygen atoms in total. The van der Waals surface area contributed by atoms with Crippen molar-refractivity contribution >= 4 is 0 Å². The van der Waals surface area contributed by atoms with Crippen LogP contribution >= 0.6 is 0 Å². The van der Waals surface area contributed by atoms with E-state index in [0.717, 1.165) is 12.8 Å². The number of hydrogen-bond acceptors (Lipinski definition) is 1. The summed E-state index contributed by atoms with van der Waals surface area (Å²) in [6, 6.07) is 0. The molecule has 0 unspecified atom stereocenters. The summed E-state index contributed by atoms with van der Waals surface area (Å²) in [5.74, 6) is 0. The lowest BCUT2D eigenvalue weighted by atomic mass is 10.1. The van der Waals surface area contributed by atoms with E-state index < -0.39 is 0 Å². The van der Waals surface area contributed by atoms with Gasteiger partial charge in [0.15, 0.2) is 0 Å². The second-order valence-corrected chi connectivity index (χ2v) is 4.53. The van der Waals surface area contributed by atoms with Crippen molar-refractivity contribution in [1.29, 1.82) is 0 Å². The molecule has 0 radical (unpaired) electrons. The third-order valence-corrected chi connectivity index (χ3v) is 2.90. The molecule has 0 N–H and O–H groups in total. The Bertz CT molecular complexity index is 261. The molecule has 1 heteroatoms. The van der Waals surface area contributed by atoms with Crippen LogP contribution < -0.4 is 0 Å². The SMILES string of the molecule is CCCN(C)CCCC1=CC/C=C\CC=C1. The van der Waals surface area contributed by atoms with E-state index in [1.54, 1.807) is 0 Å². The van der Waals surface area contributed by atoms with E-state index >= 15 is 0 Å². The molecule has 0 saturated heterocycles. The normalized spacial score (nSPS) is 18.1. The van der Waals surface area contributed by atoms with Gasteiger partial charge in [-0.3, -0.25) is 0 Å². The van der Waals surface area contributed by atoms with Gasteiger partial charge in [0, 0.05) is 0 Å². The minimum absolute atomic E-state index is 1.09. The van der Waals surface area contributed by atoms with Crippen LogP contribution in [0.5, 0.6) is 0 Å². The van der Waals surface area contributed by atoms with Crippen LogP contribution in [-0.4, -0.2) is 25.0 Å². The van der Waals surface area contributed by atoms with Gasteiger partial charge in [0.05, 0.1) is 0 Å². The zero-order valence-electron chi connectivity index (χ0n) is 10.8. The van der Waals surface area contributed by atoms with Crippen LogP contribution in [0.4, 0.5) is 0 Å². The fourth-order valence-corrected chi connectivity index (χ4v) is 2.01. The summed E-state index contributed by atoms with van der Waals surface area (Å²) >= 11 is 0. The van der Waals surface area contributed by atoms with Crippen molar-refractivity contribution in [1.82, 2.24) is 4.90 Å². The Hall–Kier alpha value is -0.820. The number of hydrogen-bond donors (Lipinski definition) is 0. The van der Waals surface area contributed by atoms with Gasteiger partial charge in [0.1, 0.15) is 0 Å². The highest BCUT2D eigenvalue weighted by Crippen LogP contribution is 2.12. The first-order valence-corrected chi connectivity index (χ1v) is 6.52. The first kappa shape index (κ1) is 13.2. The van der Waals surface area contributed by atoms with Crippen LogP contribution in [0.3, 0.4) is 0 Å². The summed E-state index contributed by atoms with van der Waals surface area (Å²) in [5.41, 5.74) is 1.51. The van der Waals surface area contributed by atoms with E-state index in [0.29, 0.717) is 0 Å². The molecule has 0 spiro atoms. The highest BCUT2D eigenvalue weighted by atomic mass is 15.1. The summed E-state index contributed by atoms with van der Waals surface area (Å²) < 4.78 is 0. The zero-order valence-corrected chi connectivity index (χ0v) is 10.8. The monoisotopic (exact) mass is 219 g/mol. The summed E-state index contributed by atoms with van der Waals surface area (Å²) in [7, 11) is 2.22. The summed E-state index contributed by atoms with van der Waals surface area (Å²) in [4.78, 5) is 2.42. The van der Waals surface area contributed by atoms with Crippen molar-refractivity contribution in [3.05, 3.63) is 36.0 Å². The predicted molar refractivity (Wildman–Crippen MR) is 72.6 cm³/mol. The Morgan fingerprint density at radius 1 is 1.12 bits per heavy atom. The molecule has 1 aliphatic rings. The van der Waals surface area contributed by atoms with E-state index in [1.165, 1.54) is 37.9 Å². The van der Waals surface area contributed by atoms with Gasteiger partial charge in [-0.25, -0.2) is 0 Å². The van der Waals surface area contributed by atoms with Crippen molar-refractivity contribution in [3.63, 3.8) is 0 Å². The quantitative estimate of drug-likeness (QED) is 0.612. The van der Waals surface area contributed by atoms with Gasteiger partial charge < -0.3 is 4.90 Å². The molecule has 0 heterocycles. The van der Waals surface area contributed by atoms with Crippen LogP contribution in [0.15, 0.2) is 36.0 Å². The third-order valence-electron chi connectivity index (χ3n) is 2.90. The second kappa shape index (κ2) is 8.35. The predicted octanol–water partition coefficient (Wildman–Crippen LogP) is 3.94. The van der Waals surface area contributed by atoms with Gasteiger partial charge in [-0.15, -0.1) is 0 Å². The minimum Gasteiger partial charge on any atom is -0.306 e. The molecule has 0 saturated carbocycles. The fourth-order valence-electron chi connectivity index (χ4n) is 2.01. The van der Waals surface area contributed by atoms with Crippen LogP contribution in [0.25, 0.3) is 0 Å². The van der Waals surface area contributed by atoms with E-state index in [-0.39, 0.29) is 0 Å². The van der Waals surface area contributed by atoms with E-state index in [4.69, 9.17) is 0 Å². The van der Waals surface area contributed by atoms with E-state index in [1.807, 2.05) is 0 Å². The van der Waals surface area contributed by atoms with Crippen LogP contribution in [0.1, 0.15) is 39.0 Å². The largest absolute Gasteiger partial charge is 0.306 e. The van der Waals surface area contributed by atoms with Gasteiger partial charge in [-0.05, 0) is 52.2 Å². The molecular weight excluding hydrogens is 194 g/mol. The van der Waals surface area contributed by atoms with Crippen molar-refractivity contribution in [2.75, 3.05) is 20.1 Å². The van der Waals surface area contributed by atoms with Crippen LogP contribution in [-0.2, 0) is 0 Å². The lowest BCUT2D eigenvalue weighted by Crippen LogP contribution is -2.20. The first-order valence-electron chi connectivity index (χ1n) is 6.52. The van der Waals surface area contributed by atoms with Crippen molar-refractivity contribution in [3.8, 4) is 0 Å². The van der Waals surface area contributed by atoms with Crippen molar-refractivity contribution in [2.45, 2.75) is 39.0 Å². The molecule has 0 bridgehead atoms. The molecule has 0 atom stereocenters. The zero-order chi connectivity index (χ0) is 11.6. The Labute approximate surface area is 101 Å². The maximum absolute atomic E-state index is 2.42. The highest BCUT2D eigenvalue weighted by molar-refractivity contribution is 5.22. The summed E-state index contributed by atoms with van der Waals surface area (Å²) in [6.07, 6.45) is 17.3. The topological polar surface area (TPSA) is 3.24 Å². The molecule has 0 aliphatic heterocycles. The van der Waals surface area contributed by atoms with Gasteiger partial charge in [-0.2, -0.15) is 0 Å². The van der Waals surface area contributed by atoms with E-state index in [2.05, 4.69) is 49.3 Å². The van der Waals surface area contributed by atoms with Gasteiger partial charge in [0.2, 0.25) is 0 Å². The number of allylic oxidation sites excluding steroid dienone is 6. The molecule has 0 fully saturated rings. The fraction of sp³-hybridized carbons (Fsp3) is 0.600. The molecule has 0 aromatic rings. The van der Waals surface area contributed by atoms with E-state index in [9.17, 15) is 0 Å². The van der Waals surface area contributed by atoms with Crippen LogP contribution in [0, 0.1) is 0 Å². The van der Waals surface area contributed by atoms with Crippen molar-refractivity contribution in [2.24, 2.45) is 0 Å². The Morgan fingerprint density at radius 3 is 2.75 bits per heavy atom. The molecule has 0 aromatic carbocycles. The third kappa shape index (κ3) is 5.92. The number of rotatable bonds is 6. The highest BCUT2D eigenvalue weighted by Gasteiger charge is 1.98. The average molecular weight is 219 g/mol. The van der Waals surface area contributed by atoms with Gasteiger partial charge >= 0.3 is 0 Å². The number of nitrogens with zero attached hydrogens (tertiary/aromatic N) is 1. The molecule has 1 aliphatic carbocycles. The molecule has 0 aromatic heterocycles. The minimum atomic E-state index is 1.09. The average Bonchev–Trinajstić information content (AvgIpc) is 2.21. The molecule has 1 rings (SSSR count). The van der Waals surface area contributed by atoms with Gasteiger partial charge in [0.25, 0.3) is 0 Å². The van der Waals surface area contributed by atoms with Gasteiger partial charge in [-0.1, -0.05) is 42.9 Å². The standard InChI is InChI=1S/C15H25N/c1-3-13-16(2)14-9-12-15-10-7-5-4-6-8-11-15/h4-5,8,10-11H,3,6-7,9,12-14H2,1-2H3/b5-4-,11-8?,15-10?. The van der Waals surface area contributed by atoms with Crippen LogP contribution in [0.2, 0.25) is 0 Å². The molecule has 90 valence electrons. The Morgan fingerprint density at radius 2 is 1.94 bits per heavy atom. The molecule has 16 heavy (non-hydrogen) atoms. The maximum atomic E-state index is 2.42. The second-order valence-electron chi connectivity index (χ2n) is 4.53. The first-order chi connectivity index (χ1) is 7.83. The molecular formula is C15H25N. The summed E-state index contributed by atoms with van der Waals surface area (Å²) in [5, 5.41) is 0.